The summed E-state index contributed by atoms with van der Waals surface area (Å²) in [4.78, 5) is 26.3. The van der Waals surface area contributed by atoms with Crippen LogP contribution in [-0.2, 0) is 27.3 Å². The number of halogens is 1. The molecule has 0 bridgehead atoms. The zero-order valence-electron chi connectivity index (χ0n) is 13.8. The molecule has 1 heterocycles. The first kappa shape index (κ1) is 17.3. The molecule has 5 nitrogen and oxygen atoms in total. The zero-order valence-corrected chi connectivity index (χ0v) is 14.5. The first-order valence-corrected chi connectivity index (χ1v) is 8.28. The lowest BCUT2D eigenvalue weighted by Crippen LogP contribution is -2.50. The maximum absolute atomic E-state index is 12.7. The Bertz CT molecular complexity index is 792. The van der Waals surface area contributed by atoms with E-state index in [1.807, 2.05) is 24.3 Å². The molecular formula is C19H18ClNO4. The second-order valence-corrected chi connectivity index (χ2v) is 6.22. The molecule has 1 aliphatic heterocycles. The minimum Gasteiger partial charge on any atom is -0.484 e. The fourth-order valence-corrected chi connectivity index (χ4v) is 3.10. The standard InChI is InChI=1S/C19H18ClNO4/c1-24-19(23)17-9-13-5-2-3-6-14(13)11-21(17)18(22)12-25-16-8-4-7-15(20)10-16/h2-8,10,17H,9,11-12H2,1H3/t17-/m1/s1. The average Bonchev–Trinajstić information content (AvgIpc) is 2.64. The van der Waals surface area contributed by atoms with Gasteiger partial charge in [0.25, 0.3) is 5.91 Å². The van der Waals surface area contributed by atoms with Crippen molar-refractivity contribution in [3.05, 3.63) is 64.7 Å². The quantitative estimate of drug-likeness (QED) is 0.788. The van der Waals surface area contributed by atoms with Gasteiger partial charge >= 0.3 is 5.97 Å². The van der Waals surface area contributed by atoms with Crippen molar-refractivity contribution in [2.24, 2.45) is 0 Å². The summed E-state index contributed by atoms with van der Waals surface area (Å²) in [6.45, 7) is 0.184. The number of benzene rings is 2. The zero-order chi connectivity index (χ0) is 17.8. The van der Waals surface area contributed by atoms with Crippen molar-refractivity contribution < 1.29 is 19.1 Å². The number of carbonyl (C=O) groups is 2. The Balaban J connectivity index is 1.75. The van der Waals surface area contributed by atoms with E-state index in [9.17, 15) is 9.59 Å². The number of fused-ring (bicyclic) bond motifs is 1. The number of esters is 1. The fraction of sp³-hybridized carbons (Fsp3) is 0.263. The van der Waals surface area contributed by atoms with Crippen molar-refractivity contribution in [2.75, 3.05) is 13.7 Å². The predicted octanol–water partition coefficient (Wildman–Crippen LogP) is 2.85. The second-order valence-electron chi connectivity index (χ2n) is 5.78. The summed E-state index contributed by atoms with van der Waals surface area (Å²) in [6.07, 6.45) is 0.436. The van der Waals surface area contributed by atoms with Crippen molar-refractivity contribution >= 4 is 23.5 Å². The normalized spacial score (nSPS) is 16.1. The number of ether oxygens (including phenoxy) is 2. The Morgan fingerprint density at radius 2 is 1.92 bits per heavy atom. The summed E-state index contributed by atoms with van der Waals surface area (Å²) in [7, 11) is 1.33. The van der Waals surface area contributed by atoms with E-state index in [4.69, 9.17) is 21.1 Å². The van der Waals surface area contributed by atoms with E-state index in [1.165, 1.54) is 12.0 Å². The SMILES string of the molecule is COC(=O)[C@H]1Cc2ccccc2CN1C(=O)COc1cccc(Cl)c1. The predicted molar refractivity (Wildman–Crippen MR) is 93.4 cm³/mol. The van der Waals surface area contributed by atoms with E-state index in [2.05, 4.69) is 0 Å². The van der Waals surface area contributed by atoms with E-state index >= 15 is 0 Å². The Morgan fingerprint density at radius 3 is 2.64 bits per heavy atom. The highest BCUT2D eigenvalue weighted by Gasteiger charge is 2.35. The van der Waals surface area contributed by atoms with Crippen LogP contribution < -0.4 is 4.74 Å². The van der Waals surface area contributed by atoms with Gasteiger partial charge in [-0.25, -0.2) is 4.79 Å². The van der Waals surface area contributed by atoms with Gasteiger partial charge in [0.1, 0.15) is 11.8 Å². The van der Waals surface area contributed by atoms with Crippen LogP contribution in [0, 0.1) is 0 Å². The Morgan fingerprint density at radius 1 is 1.16 bits per heavy atom. The van der Waals surface area contributed by atoms with Crippen LogP contribution in [0.25, 0.3) is 0 Å². The van der Waals surface area contributed by atoms with Crippen LogP contribution >= 0.6 is 11.6 Å². The molecule has 2 aromatic carbocycles. The monoisotopic (exact) mass is 359 g/mol. The van der Waals surface area contributed by atoms with E-state index < -0.39 is 12.0 Å². The molecule has 130 valence electrons. The number of rotatable bonds is 4. The van der Waals surface area contributed by atoms with Gasteiger partial charge in [0.2, 0.25) is 0 Å². The number of methoxy groups -OCH3 is 1. The lowest BCUT2D eigenvalue weighted by molar-refractivity contribution is -0.154. The van der Waals surface area contributed by atoms with Crippen molar-refractivity contribution in [1.82, 2.24) is 4.90 Å². The van der Waals surface area contributed by atoms with Gasteiger partial charge in [-0.2, -0.15) is 0 Å². The number of carbonyl (C=O) groups excluding carboxylic acids is 2. The highest BCUT2D eigenvalue weighted by Crippen LogP contribution is 2.24. The Labute approximate surface area is 151 Å². The molecule has 0 spiro atoms. The smallest absolute Gasteiger partial charge is 0.328 e. The van der Waals surface area contributed by atoms with Gasteiger partial charge in [0, 0.05) is 18.0 Å². The minimum absolute atomic E-state index is 0.171. The van der Waals surface area contributed by atoms with Crippen LogP contribution in [0.5, 0.6) is 5.75 Å². The molecule has 0 radical (unpaired) electrons. The second kappa shape index (κ2) is 7.57. The van der Waals surface area contributed by atoms with Crippen molar-refractivity contribution in [3.63, 3.8) is 0 Å². The Hall–Kier alpha value is -2.53. The number of hydrogen-bond donors (Lipinski definition) is 0. The van der Waals surface area contributed by atoms with Crippen LogP contribution in [0.4, 0.5) is 0 Å². The van der Waals surface area contributed by atoms with Crippen molar-refractivity contribution in [1.29, 1.82) is 0 Å². The van der Waals surface area contributed by atoms with Gasteiger partial charge in [-0.15, -0.1) is 0 Å². The molecule has 1 atom stereocenters. The van der Waals surface area contributed by atoms with E-state index in [0.29, 0.717) is 23.7 Å². The molecular weight excluding hydrogens is 342 g/mol. The van der Waals surface area contributed by atoms with Crippen molar-refractivity contribution in [3.8, 4) is 5.75 Å². The van der Waals surface area contributed by atoms with Gasteiger partial charge in [-0.1, -0.05) is 41.9 Å². The molecule has 1 amide bonds. The van der Waals surface area contributed by atoms with Gasteiger partial charge in [-0.3, -0.25) is 4.79 Å². The third-order valence-corrected chi connectivity index (χ3v) is 4.44. The fourth-order valence-electron chi connectivity index (χ4n) is 2.92. The van der Waals surface area contributed by atoms with Crippen LogP contribution in [0.1, 0.15) is 11.1 Å². The molecule has 0 unspecified atom stereocenters. The highest BCUT2D eigenvalue weighted by molar-refractivity contribution is 6.30. The van der Waals surface area contributed by atoms with Crippen molar-refractivity contribution in [2.45, 2.75) is 19.0 Å². The molecule has 0 saturated carbocycles. The molecule has 0 fully saturated rings. The topological polar surface area (TPSA) is 55.8 Å². The first-order chi connectivity index (χ1) is 12.1. The van der Waals surface area contributed by atoms with E-state index in [-0.39, 0.29) is 12.5 Å². The summed E-state index contributed by atoms with van der Waals surface area (Å²) < 4.78 is 10.4. The van der Waals surface area contributed by atoms with Gasteiger partial charge in [-0.05, 0) is 29.3 Å². The number of amides is 1. The summed E-state index contributed by atoms with van der Waals surface area (Å²) in [5.74, 6) is -0.191. The molecule has 1 aliphatic rings. The largest absolute Gasteiger partial charge is 0.484 e. The lowest BCUT2D eigenvalue weighted by Gasteiger charge is -2.35. The minimum atomic E-state index is -0.643. The van der Waals surface area contributed by atoms with Gasteiger partial charge in [0.05, 0.1) is 7.11 Å². The third kappa shape index (κ3) is 3.94. The van der Waals surface area contributed by atoms with Crippen LogP contribution in [0.15, 0.2) is 48.5 Å². The molecule has 0 N–H and O–H groups in total. The number of nitrogens with zero attached hydrogens (tertiary/aromatic N) is 1. The number of hydrogen-bond acceptors (Lipinski definition) is 4. The summed E-state index contributed by atoms with van der Waals surface area (Å²) in [5, 5.41) is 0.532. The molecule has 25 heavy (non-hydrogen) atoms. The molecule has 2 aromatic rings. The van der Waals surface area contributed by atoms with Crippen LogP contribution in [0.3, 0.4) is 0 Å². The molecule has 3 rings (SSSR count). The maximum Gasteiger partial charge on any atom is 0.328 e. The first-order valence-electron chi connectivity index (χ1n) is 7.91. The van der Waals surface area contributed by atoms with E-state index in [1.54, 1.807) is 24.3 Å². The van der Waals surface area contributed by atoms with E-state index in [0.717, 1.165) is 11.1 Å². The van der Waals surface area contributed by atoms with Gasteiger partial charge in [0.15, 0.2) is 6.61 Å². The highest BCUT2D eigenvalue weighted by atomic mass is 35.5. The molecule has 0 aliphatic carbocycles. The third-order valence-electron chi connectivity index (χ3n) is 4.20. The molecule has 0 saturated heterocycles. The summed E-state index contributed by atoms with van der Waals surface area (Å²) in [5.41, 5.74) is 2.08. The van der Waals surface area contributed by atoms with Crippen LogP contribution in [0.2, 0.25) is 5.02 Å². The molecule has 0 aromatic heterocycles. The maximum atomic E-state index is 12.7. The van der Waals surface area contributed by atoms with Gasteiger partial charge < -0.3 is 14.4 Å². The lowest BCUT2D eigenvalue weighted by atomic mass is 9.94. The average molecular weight is 360 g/mol. The van der Waals surface area contributed by atoms with Crippen LogP contribution in [-0.4, -0.2) is 36.5 Å². The molecule has 6 heteroatoms. The summed E-state index contributed by atoms with van der Waals surface area (Å²) in [6, 6.07) is 14.0. The Kier molecular flexibility index (Phi) is 5.24. The summed E-state index contributed by atoms with van der Waals surface area (Å²) >= 11 is 5.91.